The van der Waals surface area contributed by atoms with Gasteiger partial charge in [0.15, 0.2) is 0 Å². The first-order valence-electron chi connectivity index (χ1n) is 6.48. The lowest BCUT2D eigenvalue weighted by molar-refractivity contribution is -0.117. The molecule has 2 aliphatic rings. The van der Waals surface area contributed by atoms with Crippen molar-refractivity contribution in [2.45, 2.75) is 12.8 Å². The molecule has 3 rings (SSSR count). The monoisotopic (exact) mass is 260 g/mol. The number of hydrogen-bond acceptors (Lipinski definition) is 3. The van der Waals surface area contributed by atoms with Crippen molar-refractivity contribution in [1.29, 1.82) is 0 Å². The van der Waals surface area contributed by atoms with Crippen LogP contribution in [0.1, 0.15) is 23.2 Å². The van der Waals surface area contributed by atoms with Crippen molar-refractivity contribution in [3.8, 4) is 5.75 Å². The minimum atomic E-state index is -0.0741. The topological polar surface area (TPSA) is 58.6 Å². The van der Waals surface area contributed by atoms with Crippen LogP contribution in [0.5, 0.6) is 5.75 Å². The van der Waals surface area contributed by atoms with Gasteiger partial charge in [0.2, 0.25) is 5.91 Å². The largest absolute Gasteiger partial charge is 0.491 e. The second-order valence-corrected chi connectivity index (χ2v) is 5.05. The van der Waals surface area contributed by atoms with Crippen LogP contribution < -0.4 is 10.1 Å². The predicted octanol–water partition coefficient (Wildman–Crippen LogP) is 1.50. The molecule has 5 heteroatoms. The zero-order valence-electron chi connectivity index (χ0n) is 10.8. The highest BCUT2D eigenvalue weighted by Crippen LogP contribution is 2.31. The second-order valence-electron chi connectivity index (χ2n) is 5.05. The van der Waals surface area contributed by atoms with Crippen LogP contribution in [0.3, 0.4) is 0 Å². The summed E-state index contributed by atoms with van der Waals surface area (Å²) in [6, 6.07) is 5.21. The smallest absolute Gasteiger partial charge is 0.257 e. The minimum Gasteiger partial charge on any atom is -0.491 e. The Morgan fingerprint density at radius 3 is 2.95 bits per heavy atom. The Balaban J connectivity index is 1.86. The van der Waals surface area contributed by atoms with E-state index in [0.29, 0.717) is 30.2 Å². The van der Waals surface area contributed by atoms with Crippen LogP contribution in [0.4, 0.5) is 5.69 Å². The number of likely N-dealkylation sites (N-methyl/N-ethyl adjacent to an activating group) is 1. The van der Waals surface area contributed by atoms with Crippen molar-refractivity contribution in [3.05, 3.63) is 23.8 Å². The van der Waals surface area contributed by atoms with E-state index in [4.69, 9.17) is 4.74 Å². The third kappa shape index (κ3) is 2.41. The Bertz CT molecular complexity index is 537. The van der Waals surface area contributed by atoms with Gasteiger partial charge >= 0.3 is 0 Å². The summed E-state index contributed by atoms with van der Waals surface area (Å²) in [5.41, 5.74) is 1.16. The Kier molecular flexibility index (Phi) is 2.89. The summed E-state index contributed by atoms with van der Waals surface area (Å²) in [6.45, 7) is 1.06. The van der Waals surface area contributed by atoms with Crippen LogP contribution in [-0.4, -0.2) is 36.9 Å². The predicted molar refractivity (Wildman–Crippen MR) is 70.3 cm³/mol. The molecule has 0 radical (unpaired) electrons. The Labute approximate surface area is 111 Å². The number of benzene rings is 1. The first-order valence-corrected chi connectivity index (χ1v) is 6.48. The quantitative estimate of drug-likeness (QED) is 0.876. The lowest BCUT2D eigenvalue weighted by Crippen LogP contribution is -2.27. The molecule has 1 aliphatic carbocycles. The summed E-state index contributed by atoms with van der Waals surface area (Å²) in [7, 11) is 1.75. The fourth-order valence-corrected chi connectivity index (χ4v) is 2.09. The fourth-order valence-electron chi connectivity index (χ4n) is 2.09. The molecule has 0 saturated heterocycles. The summed E-state index contributed by atoms with van der Waals surface area (Å²) >= 11 is 0. The van der Waals surface area contributed by atoms with Gasteiger partial charge in [0, 0.05) is 18.7 Å². The number of ether oxygens (including phenoxy) is 1. The van der Waals surface area contributed by atoms with Gasteiger partial charge in [-0.05, 0) is 31.0 Å². The standard InChI is InChI=1S/C14H16N2O3/c1-16-6-7-19-12-5-4-10(8-11(12)14(16)18)15-13(17)9-2-3-9/h4-5,8-9H,2-3,6-7H2,1H3,(H,15,17). The lowest BCUT2D eigenvalue weighted by atomic mass is 10.1. The number of hydrogen-bond donors (Lipinski definition) is 1. The van der Waals surface area contributed by atoms with E-state index in [9.17, 15) is 9.59 Å². The molecule has 2 amide bonds. The second kappa shape index (κ2) is 4.57. The van der Waals surface area contributed by atoms with Crippen LogP contribution in [0.25, 0.3) is 0 Å². The zero-order chi connectivity index (χ0) is 13.4. The van der Waals surface area contributed by atoms with E-state index in [2.05, 4.69) is 5.32 Å². The first-order chi connectivity index (χ1) is 9.15. The number of amides is 2. The molecule has 1 heterocycles. The van der Waals surface area contributed by atoms with E-state index < -0.39 is 0 Å². The number of nitrogens with one attached hydrogen (secondary N) is 1. The van der Waals surface area contributed by atoms with Gasteiger partial charge < -0.3 is 15.0 Å². The van der Waals surface area contributed by atoms with E-state index in [1.54, 1.807) is 30.1 Å². The summed E-state index contributed by atoms with van der Waals surface area (Å²) in [4.78, 5) is 25.5. The van der Waals surface area contributed by atoms with Crippen LogP contribution in [-0.2, 0) is 4.79 Å². The third-order valence-corrected chi connectivity index (χ3v) is 3.46. The molecule has 0 aromatic heterocycles. The molecule has 1 saturated carbocycles. The van der Waals surface area contributed by atoms with Crippen molar-refractivity contribution < 1.29 is 14.3 Å². The minimum absolute atomic E-state index is 0.0373. The number of nitrogens with zero attached hydrogens (tertiary/aromatic N) is 1. The molecule has 1 fully saturated rings. The molecule has 0 bridgehead atoms. The maximum atomic E-state index is 12.2. The van der Waals surface area contributed by atoms with Crippen molar-refractivity contribution in [2.24, 2.45) is 5.92 Å². The highest BCUT2D eigenvalue weighted by atomic mass is 16.5. The van der Waals surface area contributed by atoms with Crippen molar-refractivity contribution in [1.82, 2.24) is 4.90 Å². The third-order valence-electron chi connectivity index (χ3n) is 3.46. The average molecular weight is 260 g/mol. The normalized spacial score (nSPS) is 18.4. The van der Waals surface area contributed by atoms with E-state index >= 15 is 0 Å². The van der Waals surface area contributed by atoms with Gasteiger partial charge in [-0.25, -0.2) is 0 Å². The SMILES string of the molecule is CN1CCOc2ccc(NC(=O)C3CC3)cc2C1=O. The van der Waals surface area contributed by atoms with E-state index in [1.807, 2.05) is 0 Å². The number of anilines is 1. The summed E-state index contributed by atoms with van der Waals surface area (Å²) in [6.07, 6.45) is 1.92. The van der Waals surface area contributed by atoms with Crippen LogP contribution >= 0.6 is 0 Å². The summed E-state index contributed by atoms with van der Waals surface area (Å²) < 4.78 is 5.53. The van der Waals surface area contributed by atoms with Crippen LogP contribution in [0.2, 0.25) is 0 Å². The van der Waals surface area contributed by atoms with Gasteiger partial charge in [0.05, 0.1) is 12.1 Å². The number of fused-ring (bicyclic) bond motifs is 1. The van der Waals surface area contributed by atoms with Gasteiger partial charge in [-0.1, -0.05) is 0 Å². The van der Waals surface area contributed by atoms with Gasteiger partial charge in [0.1, 0.15) is 12.4 Å². The fraction of sp³-hybridized carbons (Fsp3) is 0.429. The molecule has 0 atom stereocenters. The van der Waals surface area contributed by atoms with Gasteiger partial charge in [-0.15, -0.1) is 0 Å². The number of rotatable bonds is 2. The van der Waals surface area contributed by atoms with E-state index in [-0.39, 0.29) is 17.7 Å². The van der Waals surface area contributed by atoms with Crippen molar-refractivity contribution in [2.75, 3.05) is 25.5 Å². The lowest BCUT2D eigenvalue weighted by Gasteiger charge is -2.13. The molecular formula is C14H16N2O3. The zero-order valence-corrected chi connectivity index (χ0v) is 10.8. The molecule has 1 aliphatic heterocycles. The maximum absolute atomic E-state index is 12.2. The molecule has 0 spiro atoms. The van der Waals surface area contributed by atoms with Crippen LogP contribution in [0.15, 0.2) is 18.2 Å². The molecule has 1 aromatic carbocycles. The Hall–Kier alpha value is -2.04. The Morgan fingerprint density at radius 2 is 2.21 bits per heavy atom. The molecule has 100 valence electrons. The molecule has 1 aromatic rings. The van der Waals surface area contributed by atoms with Gasteiger partial charge in [-0.2, -0.15) is 0 Å². The molecular weight excluding hydrogens is 244 g/mol. The highest BCUT2D eigenvalue weighted by molar-refractivity contribution is 6.00. The Morgan fingerprint density at radius 1 is 1.42 bits per heavy atom. The van der Waals surface area contributed by atoms with Crippen LogP contribution in [0, 0.1) is 5.92 Å². The molecule has 5 nitrogen and oxygen atoms in total. The maximum Gasteiger partial charge on any atom is 0.257 e. The van der Waals surface area contributed by atoms with Gasteiger partial charge in [0.25, 0.3) is 5.91 Å². The average Bonchev–Trinajstić information content (AvgIpc) is 3.22. The summed E-state index contributed by atoms with van der Waals surface area (Å²) in [5, 5.41) is 2.84. The highest BCUT2D eigenvalue weighted by Gasteiger charge is 2.30. The number of carbonyl (C=O) groups excluding carboxylic acids is 2. The molecule has 0 unspecified atom stereocenters. The first kappa shape index (κ1) is 12.0. The van der Waals surface area contributed by atoms with Crippen molar-refractivity contribution in [3.63, 3.8) is 0 Å². The van der Waals surface area contributed by atoms with E-state index in [1.165, 1.54) is 0 Å². The molecule has 1 N–H and O–H groups in total. The summed E-state index contributed by atoms with van der Waals surface area (Å²) in [5.74, 6) is 0.692. The number of carbonyl (C=O) groups is 2. The van der Waals surface area contributed by atoms with E-state index in [0.717, 1.165) is 12.8 Å². The molecule has 19 heavy (non-hydrogen) atoms. The van der Waals surface area contributed by atoms with Crippen molar-refractivity contribution >= 4 is 17.5 Å². The van der Waals surface area contributed by atoms with Gasteiger partial charge in [-0.3, -0.25) is 9.59 Å².